The van der Waals surface area contributed by atoms with Crippen molar-refractivity contribution in [2.75, 3.05) is 18.5 Å². The van der Waals surface area contributed by atoms with Crippen LogP contribution in [0.1, 0.15) is 44.2 Å². The van der Waals surface area contributed by atoms with E-state index >= 15 is 0 Å². The first-order valence-electron chi connectivity index (χ1n) is 7.60. The summed E-state index contributed by atoms with van der Waals surface area (Å²) < 4.78 is 0. The van der Waals surface area contributed by atoms with Gasteiger partial charge in [-0.2, -0.15) is 0 Å². The highest BCUT2D eigenvalue weighted by atomic mass is 15.1. The van der Waals surface area contributed by atoms with Crippen molar-refractivity contribution in [2.24, 2.45) is 5.92 Å². The molecule has 0 atom stereocenters. The van der Waals surface area contributed by atoms with E-state index < -0.39 is 0 Å². The summed E-state index contributed by atoms with van der Waals surface area (Å²) in [5.41, 5.74) is 4.16. The topological polar surface area (TPSA) is 15.3 Å². The van der Waals surface area contributed by atoms with E-state index in [0.717, 1.165) is 12.5 Å². The van der Waals surface area contributed by atoms with E-state index in [1.54, 1.807) is 0 Å². The van der Waals surface area contributed by atoms with Crippen LogP contribution in [0.15, 0.2) is 18.2 Å². The molecule has 1 aromatic carbocycles. The molecule has 0 unspecified atom stereocenters. The molecule has 0 radical (unpaired) electrons. The molecule has 2 heteroatoms. The second-order valence-corrected chi connectivity index (χ2v) is 6.33. The molecular weight excluding hydrogens is 232 g/mol. The predicted octanol–water partition coefficient (Wildman–Crippen LogP) is 3.73. The highest BCUT2D eigenvalue weighted by Gasteiger charge is 2.19. The van der Waals surface area contributed by atoms with Gasteiger partial charge in [-0.15, -0.1) is 0 Å². The molecule has 1 aromatic rings. The first kappa shape index (κ1) is 14.4. The fourth-order valence-electron chi connectivity index (χ4n) is 2.74. The van der Waals surface area contributed by atoms with Gasteiger partial charge < -0.3 is 10.2 Å². The van der Waals surface area contributed by atoms with Crippen molar-refractivity contribution in [3.05, 3.63) is 29.3 Å². The normalized spacial score (nSPS) is 15.6. The third kappa shape index (κ3) is 3.97. The number of benzene rings is 1. The Balaban J connectivity index is 1.97. The highest BCUT2D eigenvalue weighted by Crippen LogP contribution is 2.29. The molecule has 0 heterocycles. The molecule has 2 nitrogen and oxygen atoms in total. The maximum Gasteiger partial charge on any atom is 0.0393 e. The van der Waals surface area contributed by atoms with E-state index in [1.807, 2.05) is 0 Å². The van der Waals surface area contributed by atoms with Crippen molar-refractivity contribution in [1.82, 2.24) is 5.32 Å². The molecule has 1 saturated carbocycles. The minimum Gasteiger partial charge on any atom is -0.374 e. The maximum atomic E-state index is 3.47. The van der Waals surface area contributed by atoms with Gasteiger partial charge in [-0.05, 0) is 42.9 Å². The fourth-order valence-corrected chi connectivity index (χ4v) is 2.74. The largest absolute Gasteiger partial charge is 0.374 e. The molecule has 1 fully saturated rings. The van der Waals surface area contributed by atoms with E-state index in [1.165, 1.54) is 42.6 Å². The van der Waals surface area contributed by atoms with E-state index in [2.05, 4.69) is 56.2 Å². The zero-order valence-electron chi connectivity index (χ0n) is 12.9. The summed E-state index contributed by atoms with van der Waals surface area (Å²) in [7, 11) is 2.23. The Morgan fingerprint density at radius 2 is 2.05 bits per heavy atom. The van der Waals surface area contributed by atoms with Crippen LogP contribution in [-0.4, -0.2) is 19.6 Å². The summed E-state index contributed by atoms with van der Waals surface area (Å²) >= 11 is 0. The molecular formula is C17H28N2. The lowest BCUT2D eigenvalue weighted by Gasteiger charge is -2.32. The number of nitrogens with zero attached hydrogens (tertiary/aromatic N) is 1. The average Bonchev–Trinajstić information content (AvgIpc) is 2.31. The standard InChI is InChI=1S/C17H28N2/c1-13(2)18-11-16-8-9-17(14(3)10-16)19(4)12-15-6-5-7-15/h8-10,13,15,18H,5-7,11-12H2,1-4H3. The van der Waals surface area contributed by atoms with Crippen LogP contribution in [0.2, 0.25) is 0 Å². The quantitative estimate of drug-likeness (QED) is 0.838. The van der Waals surface area contributed by atoms with Crippen LogP contribution in [0.25, 0.3) is 0 Å². The Morgan fingerprint density at radius 3 is 2.58 bits per heavy atom. The summed E-state index contributed by atoms with van der Waals surface area (Å²) in [5, 5.41) is 3.47. The molecule has 0 aliphatic heterocycles. The second-order valence-electron chi connectivity index (χ2n) is 6.33. The summed E-state index contributed by atoms with van der Waals surface area (Å²) in [6.07, 6.45) is 4.26. The van der Waals surface area contributed by atoms with Gasteiger partial charge in [0.05, 0.1) is 0 Å². The number of rotatable bonds is 6. The van der Waals surface area contributed by atoms with Gasteiger partial charge >= 0.3 is 0 Å². The Morgan fingerprint density at radius 1 is 1.32 bits per heavy atom. The zero-order valence-corrected chi connectivity index (χ0v) is 12.9. The minimum atomic E-state index is 0.543. The van der Waals surface area contributed by atoms with Crippen LogP contribution in [-0.2, 0) is 6.54 Å². The maximum absolute atomic E-state index is 3.47. The van der Waals surface area contributed by atoms with Gasteiger partial charge in [-0.25, -0.2) is 0 Å². The van der Waals surface area contributed by atoms with Crippen LogP contribution in [0, 0.1) is 12.8 Å². The number of aryl methyl sites for hydroxylation is 1. The third-order valence-electron chi connectivity index (χ3n) is 4.14. The minimum absolute atomic E-state index is 0.543. The van der Waals surface area contributed by atoms with Gasteiger partial charge in [0.25, 0.3) is 0 Å². The summed E-state index contributed by atoms with van der Waals surface area (Å²) in [5.74, 6) is 0.923. The summed E-state index contributed by atoms with van der Waals surface area (Å²) in [6, 6.07) is 7.41. The lowest BCUT2D eigenvalue weighted by molar-refractivity contribution is 0.321. The fraction of sp³-hybridized carbons (Fsp3) is 0.647. The number of nitrogens with one attached hydrogen (secondary N) is 1. The highest BCUT2D eigenvalue weighted by molar-refractivity contribution is 5.54. The predicted molar refractivity (Wildman–Crippen MR) is 83.8 cm³/mol. The van der Waals surface area contributed by atoms with Crippen molar-refractivity contribution >= 4 is 5.69 Å². The number of anilines is 1. The first-order chi connectivity index (χ1) is 9.06. The Labute approximate surface area is 118 Å². The van der Waals surface area contributed by atoms with Crippen LogP contribution in [0.5, 0.6) is 0 Å². The number of hydrogen-bond donors (Lipinski definition) is 1. The molecule has 19 heavy (non-hydrogen) atoms. The second kappa shape index (κ2) is 6.42. The average molecular weight is 260 g/mol. The molecule has 0 amide bonds. The Kier molecular flexibility index (Phi) is 4.87. The van der Waals surface area contributed by atoms with Gasteiger partial charge in [0.15, 0.2) is 0 Å². The summed E-state index contributed by atoms with van der Waals surface area (Å²) in [6.45, 7) is 8.78. The van der Waals surface area contributed by atoms with E-state index in [4.69, 9.17) is 0 Å². The lowest BCUT2D eigenvalue weighted by atomic mass is 9.85. The number of hydrogen-bond acceptors (Lipinski definition) is 2. The van der Waals surface area contributed by atoms with Crippen molar-refractivity contribution in [1.29, 1.82) is 0 Å². The monoisotopic (exact) mass is 260 g/mol. The van der Waals surface area contributed by atoms with Gasteiger partial charge in [-0.3, -0.25) is 0 Å². The van der Waals surface area contributed by atoms with Gasteiger partial charge in [0.2, 0.25) is 0 Å². The van der Waals surface area contributed by atoms with Crippen LogP contribution in [0.4, 0.5) is 5.69 Å². The van der Waals surface area contributed by atoms with E-state index in [-0.39, 0.29) is 0 Å². The molecule has 1 aliphatic carbocycles. The smallest absolute Gasteiger partial charge is 0.0393 e. The molecule has 106 valence electrons. The van der Waals surface area contributed by atoms with Crippen LogP contribution >= 0.6 is 0 Å². The molecule has 0 spiro atoms. The molecule has 1 aliphatic rings. The van der Waals surface area contributed by atoms with Gasteiger partial charge in [-0.1, -0.05) is 32.4 Å². The van der Waals surface area contributed by atoms with Gasteiger partial charge in [0, 0.05) is 31.9 Å². The molecule has 0 saturated heterocycles. The van der Waals surface area contributed by atoms with Crippen LogP contribution < -0.4 is 10.2 Å². The zero-order chi connectivity index (χ0) is 13.8. The Bertz CT molecular complexity index is 408. The summed E-state index contributed by atoms with van der Waals surface area (Å²) in [4.78, 5) is 2.43. The lowest BCUT2D eigenvalue weighted by Crippen LogP contribution is -2.29. The van der Waals surface area contributed by atoms with E-state index in [9.17, 15) is 0 Å². The van der Waals surface area contributed by atoms with Crippen molar-refractivity contribution in [3.63, 3.8) is 0 Å². The SMILES string of the molecule is Cc1cc(CNC(C)C)ccc1N(C)CC1CCC1. The van der Waals surface area contributed by atoms with Crippen LogP contribution in [0.3, 0.4) is 0 Å². The molecule has 2 rings (SSSR count). The molecule has 1 N–H and O–H groups in total. The molecule has 0 aromatic heterocycles. The third-order valence-corrected chi connectivity index (χ3v) is 4.14. The van der Waals surface area contributed by atoms with E-state index in [0.29, 0.717) is 6.04 Å². The molecule has 0 bridgehead atoms. The van der Waals surface area contributed by atoms with Crippen molar-refractivity contribution < 1.29 is 0 Å². The van der Waals surface area contributed by atoms with Crippen molar-refractivity contribution in [3.8, 4) is 0 Å². The first-order valence-corrected chi connectivity index (χ1v) is 7.60. The van der Waals surface area contributed by atoms with Gasteiger partial charge in [0.1, 0.15) is 0 Å². The van der Waals surface area contributed by atoms with Crippen molar-refractivity contribution in [2.45, 2.75) is 52.6 Å². The Hall–Kier alpha value is -1.02.